The SMILES string of the molecule is CO[C@H]1/C=C/O[C@@]2(C)Oc3c(C)c(O)c4c(O)c(c5c(c4c3C2=O)=NC2(CCN(CC(C)C)CC2)N=5)NC(=O)C(C)C/C=C/[C@H](C)[C@H](O)[C@@H](C)[C@@H](O)[C@@H](C)[C@H](OC(C)=O)[C@@H]1C. The Morgan fingerprint density at radius 1 is 0.967 bits per heavy atom. The Balaban J connectivity index is 1.52. The summed E-state index contributed by atoms with van der Waals surface area (Å²) in [6.45, 7) is 19.8. The lowest BCUT2D eigenvalue weighted by Crippen LogP contribution is -2.46. The van der Waals surface area contributed by atoms with Crippen molar-refractivity contribution in [3.63, 3.8) is 0 Å². The highest BCUT2D eigenvalue weighted by atomic mass is 16.7. The molecule has 10 atom stereocenters. The van der Waals surface area contributed by atoms with E-state index in [0.29, 0.717) is 31.8 Å². The largest absolute Gasteiger partial charge is 0.507 e. The van der Waals surface area contributed by atoms with Crippen molar-refractivity contribution in [1.82, 2.24) is 4.90 Å². The van der Waals surface area contributed by atoms with E-state index in [-0.39, 0.29) is 56.2 Å². The van der Waals surface area contributed by atoms with Gasteiger partial charge in [0.15, 0.2) is 11.4 Å². The summed E-state index contributed by atoms with van der Waals surface area (Å²) in [5.74, 6) is -6.76. The third-order valence-corrected chi connectivity index (χ3v) is 13.2. The molecule has 0 saturated carbocycles. The summed E-state index contributed by atoms with van der Waals surface area (Å²) < 4.78 is 24.0. The molecule has 1 saturated heterocycles. The van der Waals surface area contributed by atoms with Crippen LogP contribution in [0.4, 0.5) is 5.69 Å². The number of likely N-dealkylation sites (tertiary alicyclic amines) is 1. The number of amides is 1. The monoisotopic (exact) mass is 848 g/mol. The Morgan fingerprint density at radius 3 is 2.25 bits per heavy atom. The number of nitrogens with zero attached hydrogens (tertiary/aromatic N) is 3. The number of phenols is 2. The van der Waals surface area contributed by atoms with Gasteiger partial charge in [-0.25, -0.2) is 0 Å². The molecule has 0 aromatic heterocycles. The molecule has 4 bridgehead atoms. The summed E-state index contributed by atoms with van der Waals surface area (Å²) in [4.78, 5) is 53.8. The molecule has 1 spiro atoms. The van der Waals surface area contributed by atoms with E-state index < -0.39 is 88.9 Å². The van der Waals surface area contributed by atoms with E-state index in [2.05, 4.69) is 24.1 Å². The van der Waals surface area contributed by atoms with Gasteiger partial charge in [0.1, 0.15) is 28.6 Å². The number of phenolic OH excluding ortho intramolecular Hbond substituents is 2. The topological polar surface area (TPSA) is 209 Å². The van der Waals surface area contributed by atoms with Crippen molar-refractivity contribution in [3.8, 4) is 17.2 Å². The first-order valence-corrected chi connectivity index (χ1v) is 21.5. The number of ether oxygens (including phenoxy) is 4. The highest BCUT2D eigenvalue weighted by Crippen LogP contribution is 2.50. The number of anilines is 1. The average molecular weight is 849 g/mol. The fourth-order valence-corrected chi connectivity index (χ4v) is 9.39. The number of methoxy groups -OCH3 is 1. The van der Waals surface area contributed by atoms with Crippen LogP contribution in [0.5, 0.6) is 17.2 Å². The Hall–Kier alpha value is -4.57. The quantitative estimate of drug-likeness (QED) is 0.159. The van der Waals surface area contributed by atoms with Crippen LogP contribution in [-0.2, 0) is 23.8 Å². The molecule has 4 aliphatic rings. The molecule has 4 aliphatic heterocycles. The van der Waals surface area contributed by atoms with Crippen LogP contribution in [0.3, 0.4) is 0 Å². The first-order valence-electron chi connectivity index (χ1n) is 21.5. The molecule has 5 N–H and O–H groups in total. The predicted octanol–water partition coefficient (Wildman–Crippen LogP) is 4.83. The van der Waals surface area contributed by atoms with Gasteiger partial charge in [0, 0.05) is 94.0 Å². The van der Waals surface area contributed by atoms with Gasteiger partial charge in [0.25, 0.3) is 5.78 Å². The van der Waals surface area contributed by atoms with Gasteiger partial charge >= 0.3 is 11.8 Å². The Bertz CT molecular complexity index is 2230. The summed E-state index contributed by atoms with van der Waals surface area (Å²) in [7, 11) is 1.47. The van der Waals surface area contributed by atoms with Gasteiger partial charge in [-0.2, -0.15) is 0 Å². The van der Waals surface area contributed by atoms with E-state index in [4.69, 9.17) is 28.9 Å². The number of aliphatic hydroxyl groups excluding tert-OH is 2. The van der Waals surface area contributed by atoms with Crippen LogP contribution in [0.1, 0.15) is 97.5 Å². The number of carbonyl (C=O) groups is 3. The predicted molar refractivity (Wildman–Crippen MR) is 228 cm³/mol. The lowest BCUT2D eigenvalue weighted by Gasteiger charge is -2.38. The van der Waals surface area contributed by atoms with Crippen molar-refractivity contribution in [1.29, 1.82) is 0 Å². The van der Waals surface area contributed by atoms with Crippen molar-refractivity contribution in [3.05, 3.63) is 46.3 Å². The number of ketones is 1. The summed E-state index contributed by atoms with van der Waals surface area (Å²) in [6, 6.07) is 0. The maximum Gasteiger partial charge on any atom is 0.312 e. The molecule has 0 radical (unpaired) electrons. The molecular weight excluding hydrogens is 785 g/mol. The molecule has 6 rings (SSSR count). The number of carbonyl (C=O) groups excluding carboxylic acids is 3. The van der Waals surface area contributed by atoms with Crippen LogP contribution in [0.2, 0.25) is 0 Å². The van der Waals surface area contributed by atoms with E-state index >= 15 is 0 Å². The number of hydrogen-bond acceptors (Lipinski definition) is 14. The molecule has 1 amide bonds. The Kier molecular flexibility index (Phi) is 13.3. The number of fused-ring (bicyclic) bond motifs is 1. The number of aliphatic hydroxyl groups is 2. The third kappa shape index (κ3) is 8.63. The van der Waals surface area contributed by atoms with Crippen LogP contribution in [0.25, 0.3) is 10.8 Å². The lowest BCUT2D eigenvalue weighted by atomic mass is 9.78. The minimum Gasteiger partial charge on any atom is -0.507 e. The second-order valence-corrected chi connectivity index (χ2v) is 18.3. The number of allylic oxidation sites excluding steroid dienone is 1. The van der Waals surface area contributed by atoms with Crippen molar-refractivity contribution in [2.45, 2.75) is 124 Å². The molecule has 2 aromatic carbocycles. The third-order valence-electron chi connectivity index (χ3n) is 13.2. The lowest BCUT2D eigenvalue weighted by molar-refractivity contribution is -0.160. The zero-order valence-electron chi connectivity index (χ0n) is 37.3. The molecule has 1 fully saturated rings. The summed E-state index contributed by atoms with van der Waals surface area (Å²) >= 11 is 0. The van der Waals surface area contributed by atoms with Gasteiger partial charge in [-0.1, -0.05) is 60.6 Å². The molecule has 1 unspecified atom stereocenters. The van der Waals surface area contributed by atoms with Gasteiger partial charge in [-0.15, -0.1) is 0 Å². The van der Waals surface area contributed by atoms with E-state index in [0.717, 1.165) is 6.54 Å². The first-order chi connectivity index (χ1) is 28.6. The molecular formula is C46H64N4O11. The zero-order chi connectivity index (χ0) is 44.9. The summed E-state index contributed by atoms with van der Waals surface area (Å²) in [5, 5.41) is 50.4. The smallest absolute Gasteiger partial charge is 0.312 e. The number of rotatable bonds is 4. The second kappa shape index (κ2) is 17.7. The molecule has 15 heteroatoms. The molecule has 15 nitrogen and oxygen atoms in total. The van der Waals surface area contributed by atoms with E-state index in [9.17, 15) is 34.8 Å². The normalized spacial score (nSPS) is 33.1. The number of piperidine rings is 1. The highest BCUT2D eigenvalue weighted by Gasteiger charge is 2.50. The van der Waals surface area contributed by atoms with Crippen molar-refractivity contribution in [2.75, 3.05) is 32.1 Å². The zero-order valence-corrected chi connectivity index (χ0v) is 37.3. The molecule has 61 heavy (non-hydrogen) atoms. The molecule has 0 aliphatic carbocycles. The number of aromatic hydroxyl groups is 2. The summed E-state index contributed by atoms with van der Waals surface area (Å²) in [5.41, 5.74) is -0.743. The van der Waals surface area contributed by atoms with Crippen LogP contribution < -0.4 is 20.8 Å². The standard InChI is InChI=1S/C46H64N4O11/c1-22(2)21-50-18-16-46(17-19-50)48-34-31-32-39(54)28(8)42-33(31)43(56)45(10,61-42)59-20-15-30(58-11)25(5)41(60-29(9)51)27(7)38(53)26(6)37(52)23(3)13-12-14-24(4)44(57)47-36(40(32)55)35(34)49-46/h12-13,15,20,22-27,30,37-38,41,52-55H,14,16-19,21H2,1-11H3,(H,47,57)/b13-12+,20-15+/t23-,24?,25+,26+,27+,30-,37-,38+,41+,45-/m0/s1. The maximum absolute atomic E-state index is 14.7. The number of esters is 1. The number of hydrogen-bond donors (Lipinski definition) is 5. The fourth-order valence-electron chi connectivity index (χ4n) is 9.39. The van der Waals surface area contributed by atoms with Crippen molar-refractivity contribution < 1.29 is 53.8 Å². The van der Waals surface area contributed by atoms with Crippen LogP contribution in [-0.4, -0.2) is 106 Å². The van der Waals surface area contributed by atoms with Gasteiger partial charge in [0.2, 0.25) is 5.91 Å². The number of Topliss-reactive ketones (excluding diaryl/α,β-unsaturated/α-hetero) is 1. The first kappa shape index (κ1) is 45.9. The van der Waals surface area contributed by atoms with Gasteiger partial charge in [0.05, 0.1) is 40.9 Å². The molecule has 4 heterocycles. The number of benzene rings is 2. The number of nitrogens with one attached hydrogen (secondary N) is 1. The van der Waals surface area contributed by atoms with Crippen LogP contribution in [0, 0.1) is 42.4 Å². The minimum absolute atomic E-state index is 0.0153. The van der Waals surface area contributed by atoms with Crippen molar-refractivity contribution >= 4 is 34.1 Å². The summed E-state index contributed by atoms with van der Waals surface area (Å²) in [6.07, 6.45) is 4.07. The Labute approximate surface area is 357 Å². The fraction of sp³-hybridized carbons (Fsp3) is 0.630. The van der Waals surface area contributed by atoms with Crippen molar-refractivity contribution in [2.24, 2.45) is 45.5 Å². The second-order valence-electron chi connectivity index (χ2n) is 18.3. The van der Waals surface area contributed by atoms with Crippen LogP contribution in [0.15, 0.2) is 34.5 Å². The van der Waals surface area contributed by atoms with Gasteiger partial charge in [-0.05, 0) is 25.3 Å². The molecule has 2 aromatic rings. The van der Waals surface area contributed by atoms with E-state index in [1.807, 2.05) is 6.92 Å². The van der Waals surface area contributed by atoms with Gasteiger partial charge < -0.3 is 49.6 Å². The van der Waals surface area contributed by atoms with Crippen LogP contribution >= 0.6 is 0 Å². The Morgan fingerprint density at radius 2 is 1.62 bits per heavy atom. The minimum atomic E-state index is -1.95. The van der Waals surface area contributed by atoms with Gasteiger partial charge in [-0.3, -0.25) is 24.4 Å². The van der Waals surface area contributed by atoms with E-state index in [1.165, 1.54) is 27.2 Å². The van der Waals surface area contributed by atoms with E-state index in [1.54, 1.807) is 52.8 Å². The highest BCUT2D eigenvalue weighted by molar-refractivity contribution is 6.19. The maximum atomic E-state index is 14.7. The molecule has 334 valence electrons. The average Bonchev–Trinajstić information content (AvgIpc) is 3.71.